The SMILES string of the molecule is CCSc1ncc([C@@H](C#Cc2c(C)nn(C)c2C)N2CCOCC2)cn1. The van der Waals surface area contributed by atoms with Crippen molar-refractivity contribution in [1.29, 1.82) is 0 Å². The summed E-state index contributed by atoms with van der Waals surface area (Å²) in [6.07, 6.45) is 3.81. The lowest BCUT2D eigenvalue weighted by atomic mass is 10.1. The summed E-state index contributed by atoms with van der Waals surface area (Å²) in [4.78, 5) is 11.3. The van der Waals surface area contributed by atoms with Crippen molar-refractivity contribution in [3.8, 4) is 11.8 Å². The first-order valence-corrected chi connectivity index (χ1v) is 9.87. The molecule has 0 spiro atoms. The van der Waals surface area contributed by atoms with Gasteiger partial charge in [0.2, 0.25) is 0 Å². The third-order valence-corrected chi connectivity index (χ3v) is 5.25. The van der Waals surface area contributed by atoms with E-state index < -0.39 is 0 Å². The second kappa shape index (κ2) is 8.67. The Kier molecular flexibility index (Phi) is 6.30. The van der Waals surface area contributed by atoms with E-state index in [0.717, 1.165) is 59.7 Å². The molecule has 0 saturated carbocycles. The average molecular weight is 372 g/mol. The van der Waals surface area contributed by atoms with E-state index >= 15 is 0 Å². The highest BCUT2D eigenvalue weighted by molar-refractivity contribution is 7.99. The molecule has 0 unspecified atom stereocenters. The molecule has 0 aliphatic carbocycles. The third-order valence-electron chi connectivity index (χ3n) is 4.49. The molecule has 26 heavy (non-hydrogen) atoms. The van der Waals surface area contributed by atoms with Crippen molar-refractivity contribution in [3.05, 3.63) is 34.9 Å². The van der Waals surface area contributed by atoms with Crippen LogP contribution in [0.1, 0.15) is 35.5 Å². The first-order valence-electron chi connectivity index (χ1n) is 8.88. The molecular weight excluding hydrogens is 346 g/mol. The van der Waals surface area contributed by atoms with Crippen molar-refractivity contribution >= 4 is 11.8 Å². The maximum atomic E-state index is 5.50. The third kappa shape index (κ3) is 4.26. The van der Waals surface area contributed by atoms with Gasteiger partial charge in [0.1, 0.15) is 6.04 Å². The van der Waals surface area contributed by atoms with E-state index in [4.69, 9.17) is 4.74 Å². The highest BCUT2D eigenvalue weighted by Gasteiger charge is 2.22. The summed E-state index contributed by atoms with van der Waals surface area (Å²) in [7, 11) is 1.95. The monoisotopic (exact) mass is 371 g/mol. The van der Waals surface area contributed by atoms with E-state index in [1.165, 1.54) is 0 Å². The normalized spacial score (nSPS) is 16.2. The molecule has 3 rings (SSSR count). The molecule has 1 saturated heterocycles. The number of aryl methyl sites for hydroxylation is 2. The lowest BCUT2D eigenvalue weighted by Crippen LogP contribution is -2.38. The van der Waals surface area contributed by atoms with Gasteiger partial charge in [0.05, 0.1) is 30.2 Å². The topological polar surface area (TPSA) is 56.1 Å². The molecule has 0 bridgehead atoms. The zero-order valence-corrected chi connectivity index (χ0v) is 16.6. The molecule has 138 valence electrons. The summed E-state index contributed by atoms with van der Waals surface area (Å²) in [5, 5.41) is 5.27. The Morgan fingerprint density at radius 3 is 2.50 bits per heavy atom. The fourth-order valence-electron chi connectivity index (χ4n) is 2.99. The van der Waals surface area contributed by atoms with Crippen molar-refractivity contribution < 1.29 is 4.74 Å². The minimum atomic E-state index is -0.0430. The predicted molar refractivity (Wildman–Crippen MR) is 103 cm³/mol. The van der Waals surface area contributed by atoms with Gasteiger partial charge in [0.15, 0.2) is 5.16 Å². The van der Waals surface area contributed by atoms with Crippen molar-refractivity contribution in [1.82, 2.24) is 24.6 Å². The van der Waals surface area contributed by atoms with Crippen LogP contribution in [0, 0.1) is 25.7 Å². The molecule has 1 atom stereocenters. The molecule has 1 fully saturated rings. The number of hydrogen-bond donors (Lipinski definition) is 0. The van der Waals surface area contributed by atoms with Crippen LogP contribution in [0.4, 0.5) is 0 Å². The van der Waals surface area contributed by atoms with E-state index in [9.17, 15) is 0 Å². The van der Waals surface area contributed by atoms with Gasteiger partial charge >= 0.3 is 0 Å². The molecule has 1 aliphatic heterocycles. The lowest BCUT2D eigenvalue weighted by Gasteiger charge is -2.31. The van der Waals surface area contributed by atoms with Crippen LogP contribution in [-0.2, 0) is 11.8 Å². The predicted octanol–water partition coefficient (Wildman–Crippen LogP) is 2.36. The van der Waals surface area contributed by atoms with Crippen LogP contribution in [0.25, 0.3) is 0 Å². The highest BCUT2D eigenvalue weighted by Crippen LogP contribution is 2.22. The van der Waals surface area contributed by atoms with Crippen LogP contribution in [0.5, 0.6) is 0 Å². The van der Waals surface area contributed by atoms with Gasteiger partial charge in [-0.25, -0.2) is 9.97 Å². The molecule has 0 amide bonds. The Hall–Kier alpha value is -1.88. The summed E-state index contributed by atoms with van der Waals surface area (Å²) in [5.41, 5.74) is 4.08. The van der Waals surface area contributed by atoms with Crippen LogP contribution in [0.2, 0.25) is 0 Å². The molecule has 0 N–H and O–H groups in total. The minimum absolute atomic E-state index is 0.0430. The van der Waals surface area contributed by atoms with E-state index in [-0.39, 0.29) is 6.04 Å². The zero-order chi connectivity index (χ0) is 18.5. The number of nitrogens with zero attached hydrogens (tertiary/aromatic N) is 5. The molecule has 2 aromatic heterocycles. The van der Waals surface area contributed by atoms with Gasteiger partial charge in [-0.05, 0) is 19.6 Å². The molecule has 6 nitrogen and oxygen atoms in total. The molecule has 0 radical (unpaired) electrons. The molecule has 2 aromatic rings. The van der Waals surface area contributed by atoms with Gasteiger partial charge in [-0.1, -0.05) is 30.5 Å². The van der Waals surface area contributed by atoms with Crippen LogP contribution >= 0.6 is 11.8 Å². The lowest BCUT2D eigenvalue weighted by molar-refractivity contribution is 0.0268. The molecule has 1 aliphatic rings. The number of aromatic nitrogens is 4. The highest BCUT2D eigenvalue weighted by atomic mass is 32.2. The number of thioether (sulfide) groups is 1. The second-order valence-electron chi connectivity index (χ2n) is 6.22. The summed E-state index contributed by atoms with van der Waals surface area (Å²) < 4.78 is 7.38. The van der Waals surface area contributed by atoms with E-state index in [1.54, 1.807) is 11.8 Å². The first kappa shape index (κ1) is 18.9. The molecular formula is C19H25N5OS. The number of rotatable bonds is 4. The molecule has 3 heterocycles. The van der Waals surface area contributed by atoms with Crippen molar-refractivity contribution in [2.24, 2.45) is 7.05 Å². The van der Waals surface area contributed by atoms with Crippen LogP contribution in [0.3, 0.4) is 0 Å². The number of hydrogen-bond acceptors (Lipinski definition) is 6. The maximum Gasteiger partial charge on any atom is 0.187 e. The fraction of sp³-hybridized carbons (Fsp3) is 0.526. The van der Waals surface area contributed by atoms with Crippen molar-refractivity contribution in [3.63, 3.8) is 0 Å². The Morgan fingerprint density at radius 1 is 1.23 bits per heavy atom. The van der Waals surface area contributed by atoms with Gasteiger partial charge < -0.3 is 4.74 Å². The minimum Gasteiger partial charge on any atom is -0.379 e. The molecule has 7 heteroatoms. The quantitative estimate of drug-likeness (QED) is 0.467. The summed E-state index contributed by atoms with van der Waals surface area (Å²) in [6.45, 7) is 9.32. The Morgan fingerprint density at radius 2 is 1.92 bits per heavy atom. The summed E-state index contributed by atoms with van der Waals surface area (Å²) in [5.74, 6) is 7.77. The van der Waals surface area contributed by atoms with E-state index in [0.29, 0.717) is 0 Å². The summed E-state index contributed by atoms with van der Waals surface area (Å²) >= 11 is 1.65. The maximum absolute atomic E-state index is 5.50. The van der Waals surface area contributed by atoms with Gasteiger partial charge in [0.25, 0.3) is 0 Å². The fourth-order valence-corrected chi connectivity index (χ4v) is 3.50. The number of morpholine rings is 1. The standard InChI is InChI=1S/C19H25N5OS/c1-5-26-19-20-12-16(13-21-19)18(24-8-10-25-11-9-24)7-6-17-14(2)22-23(4)15(17)3/h12-13,18H,5,8-11H2,1-4H3/t18-/m1/s1. The number of ether oxygens (including phenoxy) is 1. The van der Waals surface area contributed by atoms with E-state index in [2.05, 4.69) is 38.7 Å². The largest absolute Gasteiger partial charge is 0.379 e. The second-order valence-corrected chi connectivity index (χ2v) is 7.45. The van der Waals surface area contributed by atoms with Crippen LogP contribution in [-0.4, -0.2) is 56.7 Å². The Bertz CT molecular complexity index is 800. The van der Waals surface area contributed by atoms with Crippen molar-refractivity contribution in [2.45, 2.75) is 32.0 Å². The smallest absolute Gasteiger partial charge is 0.187 e. The van der Waals surface area contributed by atoms with E-state index in [1.807, 2.05) is 38.0 Å². The van der Waals surface area contributed by atoms with Gasteiger partial charge in [-0.2, -0.15) is 5.10 Å². The van der Waals surface area contributed by atoms with Gasteiger partial charge in [0, 0.05) is 38.1 Å². The van der Waals surface area contributed by atoms with Gasteiger partial charge in [-0.3, -0.25) is 9.58 Å². The van der Waals surface area contributed by atoms with Crippen LogP contribution in [0.15, 0.2) is 17.6 Å². The average Bonchev–Trinajstić information content (AvgIpc) is 2.90. The summed E-state index contributed by atoms with van der Waals surface area (Å²) in [6, 6.07) is -0.0430. The first-order chi connectivity index (χ1) is 12.6. The zero-order valence-electron chi connectivity index (χ0n) is 15.8. The van der Waals surface area contributed by atoms with Crippen molar-refractivity contribution in [2.75, 3.05) is 32.1 Å². The Labute approximate surface area is 159 Å². The van der Waals surface area contributed by atoms with Crippen LogP contribution < -0.4 is 0 Å². The van der Waals surface area contributed by atoms with Gasteiger partial charge in [-0.15, -0.1) is 0 Å². The molecule has 0 aromatic carbocycles. The Balaban J connectivity index is 1.92.